The fourth-order valence-electron chi connectivity index (χ4n) is 4.30. The van der Waals surface area contributed by atoms with Gasteiger partial charge >= 0.3 is 0 Å². The van der Waals surface area contributed by atoms with E-state index in [4.69, 9.17) is 4.98 Å². The molecule has 7 heteroatoms. The molecule has 1 aromatic heterocycles. The Labute approximate surface area is 188 Å². The zero-order valence-corrected chi connectivity index (χ0v) is 18.9. The molecule has 4 rings (SSSR count). The van der Waals surface area contributed by atoms with Crippen molar-refractivity contribution in [1.82, 2.24) is 15.3 Å². The van der Waals surface area contributed by atoms with E-state index in [9.17, 15) is 9.18 Å². The Kier molecular flexibility index (Phi) is 6.53. The van der Waals surface area contributed by atoms with Gasteiger partial charge in [-0.05, 0) is 68.0 Å². The summed E-state index contributed by atoms with van der Waals surface area (Å²) in [7, 11) is 3.96. The standard InChI is InChI=1S/C25H30FN5O/c1-16-8-11-19(26)14-18(16)15-27-24(32)17-9-12-20(13-10-17)28-25-29-22-7-5-4-6-21(22)23(30-25)31(2)3/h4-8,11,14,17,20H,9-10,12-13,15H2,1-3H3,(H,27,32)(H,28,29,30). The Hall–Kier alpha value is -3.22. The highest BCUT2D eigenvalue weighted by Crippen LogP contribution is 2.28. The van der Waals surface area contributed by atoms with Crippen LogP contribution in [-0.2, 0) is 11.3 Å². The lowest BCUT2D eigenvalue weighted by atomic mass is 9.85. The van der Waals surface area contributed by atoms with E-state index < -0.39 is 0 Å². The second-order valence-corrected chi connectivity index (χ2v) is 8.76. The number of halogens is 1. The summed E-state index contributed by atoms with van der Waals surface area (Å²) in [5, 5.41) is 7.49. The molecule has 168 valence electrons. The fourth-order valence-corrected chi connectivity index (χ4v) is 4.30. The second-order valence-electron chi connectivity index (χ2n) is 8.76. The summed E-state index contributed by atoms with van der Waals surface area (Å²) in [6, 6.07) is 12.9. The van der Waals surface area contributed by atoms with Crippen molar-refractivity contribution in [2.24, 2.45) is 5.92 Å². The van der Waals surface area contributed by atoms with Crippen LogP contribution in [0.5, 0.6) is 0 Å². The fraction of sp³-hybridized carbons (Fsp3) is 0.400. The molecule has 1 aliphatic rings. The first kappa shape index (κ1) is 22.0. The average molecular weight is 436 g/mol. The van der Waals surface area contributed by atoms with Gasteiger partial charge < -0.3 is 15.5 Å². The number of aromatic nitrogens is 2. The minimum absolute atomic E-state index is 0.0169. The van der Waals surface area contributed by atoms with Crippen LogP contribution in [0.3, 0.4) is 0 Å². The summed E-state index contributed by atoms with van der Waals surface area (Å²) in [5.74, 6) is 1.26. The minimum Gasteiger partial charge on any atom is -0.362 e. The van der Waals surface area contributed by atoms with E-state index in [1.165, 1.54) is 12.1 Å². The largest absolute Gasteiger partial charge is 0.362 e. The number of hydrogen-bond acceptors (Lipinski definition) is 5. The number of benzene rings is 2. The molecule has 0 saturated heterocycles. The lowest BCUT2D eigenvalue weighted by Crippen LogP contribution is -2.36. The zero-order valence-electron chi connectivity index (χ0n) is 18.9. The van der Waals surface area contributed by atoms with Gasteiger partial charge in [0, 0.05) is 38.0 Å². The molecule has 2 N–H and O–H groups in total. The second kappa shape index (κ2) is 9.51. The van der Waals surface area contributed by atoms with Gasteiger partial charge in [-0.15, -0.1) is 0 Å². The first-order valence-corrected chi connectivity index (χ1v) is 11.1. The number of rotatable bonds is 6. The molecule has 0 spiro atoms. The third kappa shape index (κ3) is 4.98. The highest BCUT2D eigenvalue weighted by atomic mass is 19.1. The summed E-state index contributed by atoms with van der Waals surface area (Å²) in [6.45, 7) is 2.28. The highest BCUT2D eigenvalue weighted by molar-refractivity contribution is 5.90. The molecule has 1 heterocycles. The van der Waals surface area contributed by atoms with Gasteiger partial charge in [-0.2, -0.15) is 4.98 Å². The molecule has 6 nitrogen and oxygen atoms in total. The first-order valence-electron chi connectivity index (χ1n) is 11.1. The predicted molar refractivity (Wildman–Crippen MR) is 126 cm³/mol. The molecule has 32 heavy (non-hydrogen) atoms. The van der Waals surface area contributed by atoms with Gasteiger partial charge in [-0.3, -0.25) is 4.79 Å². The molecule has 0 unspecified atom stereocenters. The quantitative estimate of drug-likeness (QED) is 0.599. The number of hydrogen-bond donors (Lipinski definition) is 2. The molecule has 3 aromatic rings. The van der Waals surface area contributed by atoms with Crippen LogP contribution in [0.4, 0.5) is 16.2 Å². The van der Waals surface area contributed by atoms with Crippen molar-refractivity contribution in [3.05, 3.63) is 59.4 Å². The lowest BCUT2D eigenvalue weighted by Gasteiger charge is -2.29. The normalized spacial score (nSPS) is 18.4. The van der Waals surface area contributed by atoms with Crippen molar-refractivity contribution in [1.29, 1.82) is 0 Å². The summed E-state index contributed by atoms with van der Waals surface area (Å²) in [4.78, 5) is 24.0. The number of nitrogens with one attached hydrogen (secondary N) is 2. The molecule has 2 aromatic carbocycles. The zero-order chi connectivity index (χ0) is 22.7. The Morgan fingerprint density at radius 3 is 2.59 bits per heavy atom. The van der Waals surface area contributed by atoms with Crippen molar-refractivity contribution in [2.75, 3.05) is 24.3 Å². The average Bonchev–Trinajstić information content (AvgIpc) is 2.79. The number of para-hydroxylation sites is 1. The van der Waals surface area contributed by atoms with Gasteiger partial charge in [0.2, 0.25) is 11.9 Å². The van der Waals surface area contributed by atoms with Gasteiger partial charge in [0.25, 0.3) is 0 Å². The van der Waals surface area contributed by atoms with Gasteiger partial charge in [-0.25, -0.2) is 9.37 Å². The van der Waals surface area contributed by atoms with Crippen molar-refractivity contribution in [2.45, 2.75) is 45.2 Å². The van der Waals surface area contributed by atoms with Crippen molar-refractivity contribution in [3.63, 3.8) is 0 Å². The summed E-state index contributed by atoms with van der Waals surface area (Å²) in [5.41, 5.74) is 2.71. The highest BCUT2D eigenvalue weighted by Gasteiger charge is 2.27. The van der Waals surface area contributed by atoms with Crippen LogP contribution in [0, 0.1) is 18.7 Å². The molecule has 0 atom stereocenters. The van der Waals surface area contributed by atoms with Crippen LogP contribution < -0.4 is 15.5 Å². The molecule has 0 bridgehead atoms. The van der Waals surface area contributed by atoms with Gasteiger partial charge in [0.1, 0.15) is 11.6 Å². The Balaban J connectivity index is 1.34. The van der Waals surface area contributed by atoms with E-state index in [1.54, 1.807) is 6.07 Å². The third-order valence-corrected chi connectivity index (χ3v) is 6.20. The lowest BCUT2D eigenvalue weighted by molar-refractivity contribution is -0.126. The van der Waals surface area contributed by atoms with E-state index in [1.807, 2.05) is 50.2 Å². The predicted octanol–water partition coefficient (Wildman–Crippen LogP) is 4.43. The summed E-state index contributed by atoms with van der Waals surface area (Å²) < 4.78 is 13.5. The minimum atomic E-state index is -0.278. The molecule has 1 saturated carbocycles. The van der Waals surface area contributed by atoms with Crippen LogP contribution in [-0.4, -0.2) is 36.0 Å². The van der Waals surface area contributed by atoms with E-state index in [2.05, 4.69) is 15.6 Å². The summed E-state index contributed by atoms with van der Waals surface area (Å²) in [6.07, 6.45) is 3.37. The van der Waals surface area contributed by atoms with Crippen LogP contribution in [0.2, 0.25) is 0 Å². The smallest absolute Gasteiger partial charge is 0.225 e. The topological polar surface area (TPSA) is 70.2 Å². The maximum Gasteiger partial charge on any atom is 0.225 e. The molecular weight excluding hydrogens is 405 g/mol. The van der Waals surface area contributed by atoms with Gasteiger partial charge in [0.05, 0.1) is 5.52 Å². The van der Waals surface area contributed by atoms with Crippen LogP contribution in [0.25, 0.3) is 10.9 Å². The molecule has 1 amide bonds. The third-order valence-electron chi connectivity index (χ3n) is 6.20. The van der Waals surface area contributed by atoms with Gasteiger partial charge in [-0.1, -0.05) is 18.2 Å². The van der Waals surface area contributed by atoms with E-state index in [-0.39, 0.29) is 23.7 Å². The number of fused-ring (bicyclic) bond motifs is 1. The van der Waals surface area contributed by atoms with Crippen molar-refractivity contribution >= 4 is 28.6 Å². The number of nitrogens with zero attached hydrogens (tertiary/aromatic N) is 3. The Bertz CT molecular complexity index is 1110. The SMILES string of the molecule is Cc1ccc(F)cc1CNC(=O)C1CCC(Nc2nc(N(C)C)c3ccccc3n2)CC1. The molecule has 1 fully saturated rings. The van der Waals surface area contributed by atoms with Crippen LogP contribution in [0.15, 0.2) is 42.5 Å². The molecule has 0 aliphatic heterocycles. The maximum absolute atomic E-state index is 13.5. The van der Waals surface area contributed by atoms with E-state index in [0.717, 1.165) is 53.5 Å². The Morgan fingerprint density at radius 2 is 1.84 bits per heavy atom. The number of aryl methyl sites for hydroxylation is 1. The number of anilines is 2. The van der Waals surface area contributed by atoms with E-state index >= 15 is 0 Å². The van der Waals surface area contributed by atoms with Crippen molar-refractivity contribution in [3.8, 4) is 0 Å². The Morgan fingerprint density at radius 1 is 1.09 bits per heavy atom. The monoisotopic (exact) mass is 435 g/mol. The molecule has 0 radical (unpaired) electrons. The number of carbonyl (C=O) groups excluding carboxylic acids is 1. The van der Waals surface area contributed by atoms with E-state index in [0.29, 0.717) is 12.5 Å². The molecular formula is C25H30FN5O. The molecule has 1 aliphatic carbocycles. The van der Waals surface area contributed by atoms with Crippen molar-refractivity contribution < 1.29 is 9.18 Å². The number of carbonyl (C=O) groups is 1. The maximum atomic E-state index is 13.5. The number of amides is 1. The first-order chi connectivity index (χ1) is 15.4. The van der Waals surface area contributed by atoms with Gasteiger partial charge in [0.15, 0.2) is 0 Å². The van der Waals surface area contributed by atoms with Crippen LogP contribution in [0.1, 0.15) is 36.8 Å². The van der Waals surface area contributed by atoms with Crippen LogP contribution >= 0.6 is 0 Å². The summed E-state index contributed by atoms with van der Waals surface area (Å²) >= 11 is 0.